The average molecular weight is 328 g/mol. The molecular formula is C14H12N6O4. The standard InChI is InChI=1S/C14H12N6O4/c21-11(22)3-4-15-12-9-6-19-20(13(9)18-7-17-12)10-2-1-8(5-16-10)14(23)24/h1-2,5-7H,3-4H2,(H,21,22)(H,23,24)(H,15,17,18). The molecule has 10 heteroatoms. The summed E-state index contributed by atoms with van der Waals surface area (Å²) >= 11 is 0. The molecule has 3 heterocycles. The van der Waals surface area contributed by atoms with E-state index in [0.29, 0.717) is 22.7 Å². The van der Waals surface area contributed by atoms with Crippen molar-refractivity contribution in [2.75, 3.05) is 11.9 Å². The second-order valence-corrected chi connectivity index (χ2v) is 4.80. The van der Waals surface area contributed by atoms with Crippen LogP contribution in [0.15, 0.2) is 30.9 Å². The first kappa shape index (κ1) is 15.3. The smallest absolute Gasteiger partial charge is 0.337 e. The van der Waals surface area contributed by atoms with E-state index in [1.54, 1.807) is 0 Å². The molecule has 3 rings (SSSR count). The summed E-state index contributed by atoms with van der Waals surface area (Å²) in [6, 6.07) is 2.95. The number of fused-ring (bicyclic) bond motifs is 1. The lowest BCUT2D eigenvalue weighted by Crippen LogP contribution is -2.09. The molecule has 3 aromatic heterocycles. The lowest BCUT2D eigenvalue weighted by atomic mass is 10.3. The van der Waals surface area contributed by atoms with Gasteiger partial charge in [-0.1, -0.05) is 0 Å². The van der Waals surface area contributed by atoms with Gasteiger partial charge in [0.25, 0.3) is 0 Å². The Morgan fingerprint density at radius 1 is 1.12 bits per heavy atom. The molecule has 0 aliphatic carbocycles. The third-order valence-corrected chi connectivity index (χ3v) is 3.21. The van der Waals surface area contributed by atoms with Crippen LogP contribution >= 0.6 is 0 Å². The minimum atomic E-state index is -1.06. The Morgan fingerprint density at radius 2 is 1.96 bits per heavy atom. The topological polar surface area (TPSA) is 143 Å². The van der Waals surface area contributed by atoms with E-state index < -0.39 is 11.9 Å². The summed E-state index contributed by atoms with van der Waals surface area (Å²) in [7, 11) is 0. The van der Waals surface area contributed by atoms with Gasteiger partial charge in [0.15, 0.2) is 11.5 Å². The molecule has 0 aliphatic rings. The Morgan fingerprint density at radius 3 is 2.62 bits per heavy atom. The van der Waals surface area contributed by atoms with Crippen molar-refractivity contribution in [3.63, 3.8) is 0 Å². The first-order valence-electron chi connectivity index (χ1n) is 6.90. The van der Waals surface area contributed by atoms with Crippen molar-refractivity contribution < 1.29 is 19.8 Å². The van der Waals surface area contributed by atoms with Gasteiger partial charge in [-0.25, -0.2) is 19.7 Å². The second kappa shape index (κ2) is 6.28. The number of pyridine rings is 1. The number of nitrogens with one attached hydrogen (secondary N) is 1. The van der Waals surface area contributed by atoms with Crippen molar-refractivity contribution >= 4 is 28.8 Å². The summed E-state index contributed by atoms with van der Waals surface area (Å²) in [6.45, 7) is 0.220. The summed E-state index contributed by atoms with van der Waals surface area (Å²) in [5.41, 5.74) is 0.541. The highest BCUT2D eigenvalue weighted by Crippen LogP contribution is 2.20. The first-order valence-corrected chi connectivity index (χ1v) is 6.90. The normalized spacial score (nSPS) is 10.7. The zero-order valence-electron chi connectivity index (χ0n) is 12.2. The molecule has 0 aromatic carbocycles. The zero-order valence-corrected chi connectivity index (χ0v) is 12.2. The number of aromatic nitrogens is 5. The van der Waals surface area contributed by atoms with E-state index in [-0.39, 0.29) is 18.5 Å². The van der Waals surface area contributed by atoms with Crippen molar-refractivity contribution in [2.24, 2.45) is 0 Å². The second-order valence-electron chi connectivity index (χ2n) is 4.80. The van der Waals surface area contributed by atoms with Gasteiger partial charge in [-0.3, -0.25) is 4.79 Å². The van der Waals surface area contributed by atoms with Crippen LogP contribution < -0.4 is 5.32 Å². The van der Waals surface area contributed by atoms with Crippen LogP contribution in [0.2, 0.25) is 0 Å². The average Bonchev–Trinajstić information content (AvgIpc) is 2.99. The molecule has 0 saturated carbocycles. The lowest BCUT2D eigenvalue weighted by molar-refractivity contribution is -0.136. The van der Waals surface area contributed by atoms with Crippen molar-refractivity contribution in [1.82, 2.24) is 24.7 Å². The maximum absolute atomic E-state index is 10.9. The van der Waals surface area contributed by atoms with Gasteiger partial charge in [-0.05, 0) is 12.1 Å². The zero-order chi connectivity index (χ0) is 17.1. The quantitative estimate of drug-likeness (QED) is 0.598. The van der Waals surface area contributed by atoms with E-state index in [1.165, 1.54) is 35.5 Å². The molecule has 0 fully saturated rings. The number of hydrogen-bond acceptors (Lipinski definition) is 7. The number of rotatable bonds is 6. The van der Waals surface area contributed by atoms with E-state index in [9.17, 15) is 9.59 Å². The molecule has 0 atom stereocenters. The highest BCUT2D eigenvalue weighted by Gasteiger charge is 2.12. The Labute approximate surface area is 134 Å². The summed E-state index contributed by atoms with van der Waals surface area (Å²) in [6.07, 6.45) is 4.05. The third-order valence-electron chi connectivity index (χ3n) is 3.21. The van der Waals surface area contributed by atoms with Gasteiger partial charge < -0.3 is 15.5 Å². The van der Waals surface area contributed by atoms with Crippen LogP contribution in [0.3, 0.4) is 0 Å². The van der Waals surface area contributed by atoms with Gasteiger partial charge in [-0.2, -0.15) is 9.78 Å². The van der Waals surface area contributed by atoms with Crippen molar-refractivity contribution in [3.8, 4) is 5.82 Å². The Hall–Kier alpha value is -3.56. The van der Waals surface area contributed by atoms with Crippen LogP contribution in [0.5, 0.6) is 0 Å². The maximum atomic E-state index is 10.9. The molecular weight excluding hydrogens is 316 g/mol. The molecule has 0 aliphatic heterocycles. The summed E-state index contributed by atoms with van der Waals surface area (Å²) in [5, 5.41) is 25.3. The fourth-order valence-corrected chi connectivity index (χ4v) is 2.08. The number of carboxylic acid groups (broad SMARTS) is 2. The lowest BCUT2D eigenvalue weighted by Gasteiger charge is -2.05. The van der Waals surface area contributed by atoms with E-state index in [0.717, 1.165) is 0 Å². The van der Waals surface area contributed by atoms with Crippen molar-refractivity contribution in [3.05, 3.63) is 36.4 Å². The Bertz CT molecular complexity index is 905. The molecule has 0 unspecified atom stereocenters. The maximum Gasteiger partial charge on any atom is 0.337 e. The molecule has 10 nitrogen and oxygen atoms in total. The highest BCUT2D eigenvalue weighted by molar-refractivity contribution is 5.88. The van der Waals surface area contributed by atoms with E-state index in [2.05, 4.69) is 25.4 Å². The third kappa shape index (κ3) is 2.97. The van der Waals surface area contributed by atoms with Crippen LogP contribution in [0.25, 0.3) is 16.9 Å². The van der Waals surface area contributed by atoms with Gasteiger partial charge in [0.05, 0.1) is 23.6 Å². The molecule has 122 valence electrons. The van der Waals surface area contributed by atoms with Gasteiger partial charge in [0.1, 0.15) is 12.1 Å². The molecule has 0 amide bonds. The predicted molar refractivity (Wildman–Crippen MR) is 82.2 cm³/mol. The van der Waals surface area contributed by atoms with Crippen LogP contribution in [0, 0.1) is 0 Å². The van der Waals surface area contributed by atoms with E-state index in [4.69, 9.17) is 10.2 Å². The summed E-state index contributed by atoms with van der Waals surface area (Å²) in [4.78, 5) is 33.8. The van der Waals surface area contributed by atoms with Gasteiger partial charge in [0, 0.05) is 12.7 Å². The number of carboxylic acids is 2. The van der Waals surface area contributed by atoms with Crippen LogP contribution in [0.4, 0.5) is 5.82 Å². The minimum Gasteiger partial charge on any atom is -0.481 e. The number of anilines is 1. The van der Waals surface area contributed by atoms with Crippen molar-refractivity contribution in [2.45, 2.75) is 6.42 Å². The Balaban J connectivity index is 1.93. The summed E-state index contributed by atoms with van der Waals surface area (Å²) in [5.74, 6) is -1.10. The van der Waals surface area contributed by atoms with Gasteiger partial charge in [0.2, 0.25) is 0 Å². The SMILES string of the molecule is O=C(O)CCNc1ncnc2c1cnn2-c1ccc(C(=O)O)cn1. The number of carbonyl (C=O) groups is 2. The fraction of sp³-hybridized carbons (Fsp3) is 0.143. The molecule has 0 saturated heterocycles. The van der Waals surface area contributed by atoms with E-state index in [1.807, 2.05) is 0 Å². The summed E-state index contributed by atoms with van der Waals surface area (Å²) < 4.78 is 1.45. The van der Waals surface area contributed by atoms with Crippen LogP contribution in [-0.2, 0) is 4.79 Å². The predicted octanol–water partition coefficient (Wildman–Crippen LogP) is 0.795. The largest absolute Gasteiger partial charge is 0.481 e. The molecule has 0 radical (unpaired) electrons. The molecule has 24 heavy (non-hydrogen) atoms. The molecule has 0 bridgehead atoms. The number of hydrogen-bond donors (Lipinski definition) is 3. The fourth-order valence-electron chi connectivity index (χ4n) is 2.08. The monoisotopic (exact) mass is 328 g/mol. The van der Waals surface area contributed by atoms with Crippen molar-refractivity contribution in [1.29, 1.82) is 0 Å². The molecule has 3 N–H and O–H groups in total. The number of nitrogens with zero attached hydrogens (tertiary/aromatic N) is 5. The van der Waals surface area contributed by atoms with Crippen LogP contribution in [0.1, 0.15) is 16.8 Å². The number of aromatic carboxylic acids is 1. The van der Waals surface area contributed by atoms with E-state index >= 15 is 0 Å². The Kier molecular flexibility index (Phi) is 4.01. The van der Waals surface area contributed by atoms with Gasteiger partial charge in [-0.15, -0.1) is 0 Å². The number of aliphatic carboxylic acids is 1. The highest BCUT2D eigenvalue weighted by atomic mass is 16.4. The molecule has 0 spiro atoms. The first-order chi connectivity index (χ1) is 11.6. The van der Waals surface area contributed by atoms with Crippen LogP contribution in [-0.4, -0.2) is 53.4 Å². The molecule has 3 aromatic rings. The minimum absolute atomic E-state index is 0.0438. The van der Waals surface area contributed by atoms with Gasteiger partial charge >= 0.3 is 11.9 Å².